The van der Waals surface area contributed by atoms with Gasteiger partial charge in [0, 0.05) is 24.4 Å². The zero-order valence-corrected chi connectivity index (χ0v) is 13.8. The number of hydrogen-bond donors (Lipinski definition) is 0. The molecule has 0 bridgehead atoms. The van der Waals surface area contributed by atoms with Gasteiger partial charge in [0.2, 0.25) is 0 Å². The molecule has 1 rings (SSSR count). The maximum atomic E-state index is 12.3. The average molecular weight is 257 g/mol. The van der Waals surface area contributed by atoms with Gasteiger partial charge in [-0.05, 0) is 70.6 Å². The van der Waals surface area contributed by atoms with Crippen molar-refractivity contribution in [3.8, 4) is 0 Å². The summed E-state index contributed by atoms with van der Waals surface area (Å²) in [5.74, 6) is 0.601. The molecule has 0 spiro atoms. The second-order valence-corrected chi connectivity index (χ2v) is 6.46. The second kappa shape index (κ2) is 7.49. The summed E-state index contributed by atoms with van der Waals surface area (Å²) in [6.45, 7) is 12.6. The van der Waals surface area contributed by atoms with E-state index in [-0.39, 0.29) is 18.9 Å². The maximum Gasteiger partial charge on any atom is 0.181 e. The van der Waals surface area contributed by atoms with E-state index in [9.17, 15) is 4.79 Å². The van der Waals surface area contributed by atoms with E-state index in [1.165, 1.54) is 11.1 Å². The molecule has 1 nitrogen and oxygen atoms in total. The molecule has 1 atom stereocenters. The van der Waals surface area contributed by atoms with Crippen LogP contribution in [0.2, 0.25) is 0 Å². The molecule has 0 aliphatic heterocycles. The topological polar surface area (TPSA) is 17.1 Å². The van der Waals surface area contributed by atoms with Crippen LogP contribution in [0.3, 0.4) is 0 Å². The van der Waals surface area contributed by atoms with E-state index in [1.807, 2.05) is 0 Å². The number of hydrogen-bond acceptors (Lipinski definition) is 1. The van der Waals surface area contributed by atoms with Gasteiger partial charge in [0.05, 0.1) is 0 Å². The van der Waals surface area contributed by atoms with Crippen molar-refractivity contribution in [2.45, 2.75) is 41.5 Å². The Kier molecular flexibility index (Phi) is 7.46. The van der Waals surface area contributed by atoms with Crippen LogP contribution in [0, 0.1) is 33.6 Å². The normalized spacial score (nSPS) is 11.1. The summed E-state index contributed by atoms with van der Waals surface area (Å²) in [5.41, 5.74) is 6.09. The fourth-order valence-corrected chi connectivity index (χ4v) is 3.09. The van der Waals surface area contributed by atoms with Gasteiger partial charge in [0.15, 0.2) is 5.52 Å². The van der Waals surface area contributed by atoms with Crippen LogP contribution in [0.5, 0.6) is 0 Å². The van der Waals surface area contributed by atoms with Crippen molar-refractivity contribution >= 4 is 33.0 Å². The number of carbonyl (C=O) groups is 1. The van der Waals surface area contributed by atoms with Crippen molar-refractivity contribution in [1.82, 2.24) is 0 Å². The summed E-state index contributed by atoms with van der Waals surface area (Å²) in [7, 11) is 0.410. The summed E-state index contributed by atoms with van der Waals surface area (Å²) in [4.78, 5) is 12.3. The molecular formula is C15H23LiOP. The number of carbonyl (C=O) groups excluding carboxylic acids is 1. The standard InChI is InChI=1S/C15H23OP.Li/c1-9(2)8-17-15(16)14-12(5)10(3)7-11(4)13(14)6;/h7,9,17H,8H2,1-6H3;. The predicted octanol–water partition coefficient (Wildman–Crippen LogP) is 4.01. The van der Waals surface area contributed by atoms with Crippen molar-refractivity contribution in [2.75, 3.05) is 6.16 Å². The Morgan fingerprint density at radius 3 is 1.94 bits per heavy atom. The maximum absolute atomic E-state index is 12.3. The van der Waals surface area contributed by atoms with E-state index in [1.54, 1.807) is 0 Å². The van der Waals surface area contributed by atoms with Crippen LogP contribution in [-0.4, -0.2) is 30.5 Å². The molecule has 1 radical (unpaired) electrons. The van der Waals surface area contributed by atoms with Gasteiger partial charge in [0.1, 0.15) is 0 Å². The molecule has 0 aromatic heterocycles. The van der Waals surface area contributed by atoms with Gasteiger partial charge >= 0.3 is 0 Å². The van der Waals surface area contributed by atoms with Crippen LogP contribution in [-0.2, 0) is 0 Å². The third-order valence-corrected chi connectivity index (χ3v) is 4.86. The monoisotopic (exact) mass is 257 g/mol. The number of rotatable bonds is 4. The largest absolute Gasteiger partial charge is 0.289 e. The molecule has 0 N–H and O–H groups in total. The van der Waals surface area contributed by atoms with Crippen molar-refractivity contribution in [2.24, 2.45) is 5.92 Å². The first-order valence-corrected chi connectivity index (χ1v) is 7.41. The summed E-state index contributed by atoms with van der Waals surface area (Å²) in [6, 6.07) is 2.17. The summed E-state index contributed by atoms with van der Waals surface area (Å²) >= 11 is 0. The van der Waals surface area contributed by atoms with E-state index in [4.69, 9.17) is 0 Å². The predicted molar refractivity (Wildman–Crippen MR) is 83.5 cm³/mol. The Morgan fingerprint density at radius 2 is 1.56 bits per heavy atom. The van der Waals surface area contributed by atoms with Gasteiger partial charge in [-0.25, -0.2) is 0 Å². The van der Waals surface area contributed by atoms with Crippen molar-refractivity contribution in [3.05, 3.63) is 33.9 Å². The van der Waals surface area contributed by atoms with Crippen molar-refractivity contribution < 1.29 is 4.79 Å². The van der Waals surface area contributed by atoms with E-state index >= 15 is 0 Å². The molecule has 3 heteroatoms. The molecule has 1 unspecified atom stereocenters. The average Bonchev–Trinajstić information content (AvgIpc) is 2.24. The van der Waals surface area contributed by atoms with Crippen LogP contribution in [0.4, 0.5) is 0 Å². The van der Waals surface area contributed by atoms with Gasteiger partial charge in [-0.15, -0.1) is 0 Å². The molecule has 0 aliphatic rings. The molecule has 0 heterocycles. The zero-order chi connectivity index (χ0) is 13.2. The van der Waals surface area contributed by atoms with Crippen molar-refractivity contribution in [1.29, 1.82) is 0 Å². The van der Waals surface area contributed by atoms with Gasteiger partial charge in [-0.3, -0.25) is 4.79 Å². The van der Waals surface area contributed by atoms with E-state index in [2.05, 4.69) is 47.6 Å². The molecule has 0 amide bonds. The smallest absolute Gasteiger partial charge is 0.181 e. The van der Waals surface area contributed by atoms with E-state index in [0.29, 0.717) is 20.0 Å². The Bertz CT molecular complexity index is 412. The first-order chi connectivity index (χ1) is 7.84. The van der Waals surface area contributed by atoms with Gasteiger partial charge in [-0.2, -0.15) is 0 Å². The minimum Gasteiger partial charge on any atom is -0.289 e. The molecule has 0 saturated carbocycles. The minimum atomic E-state index is 0. The van der Waals surface area contributed by atoms with Gasteiger partial charge in [0.25, 0.3) is 0 Å². The SMILES string of the molecule is Cc1cc(C)c(C)c(C(=O)PCC(C)C)c1C.[Li]. The fourth-order valence-electron chi connectivity index (χ4n) is 1.94. The Labute approximate surface area is 125 Å². The molecule has 1 aromatic rings. The number of benzene rings is 1. The van der Waals surface area contributed by atoms with Crippen LogP contribution < -0.4 is 0 Å². The van der Waals surface area contributed by atoms with Gasteiger partial charge in [-0.1, -0.05) is 19.9 Å². The molecule has 18 heavy (non-hydrogen) atoms. The third kappa shape index (κ3) is 4.24. The first-order valence-electron chi connectivity index (χ1n) is 6.20. The zero-order valence-electron chi connectivity index (χ0n) is 12.8. The summed E-state index contributed by atoms with van der Waals surface area (Å²) in [5, 5.41) is 0. The summed E-state index contributed by atoms with van der Waals surface area (Å²) in [6.07, 6.45) is 1.00. The van der Waals surface area contributed by atoms with E-state index < -0.39 is 0 Å². The second-order valence-electron chi connectivity index (χ2n) is 5.24. The molecule has 95 valence electrons. The van der Waals surface area contributed by atoms with Gasteiger partial charge < -0.3 is 0 Å². The van der Waals surface area contributed by atoms with Crippen molar-refractivity contribution in [3.63, 3.8) is 0 Å². The van der Waals surface area contributed by atoms with Crippen LogP contribution >= 0.6 is 8.58 Å². The third-order valence-electron chi connectivity index (χ3n) is 3.26. The van der Waals surface area contributed by atoms with Crippen LogP contribution in [0.15, 0.2) is 6.07 Å². The fraction of sp³-hybridized carbons (Fsp3) is 0.533. The van der Waals surface area contributed by atoms with Crippen LogP contribution in [0.25, 0.3) is 0 Å². The van der Waals surface area contributed by atoms with Crippen LogP contribution in [0.1, 0.15) is 46.5 Å². The first kappa shape index (κ1) is 17.9. The summed E-state index contributed by atoms with van der Waals surface area (Å²) < 4.78 is 0. The van der Waals surface area contributed by atoms with E-state index in [0.717, 1.165) is 22.9 Å². The Hall–Kier alpha value is -0.0826. The molecular weight excluding hydrogens is 234 g/mol. The molecule has 0 saturated heterocycles. The Morgan fingerprint density at radius 1 is 1.11 bits per heavy atom. The molecule has 0 aliphatic carbocycles. The minimum absolute atomic E-state index is 0. The molecule has 0 fully saturated rings. The quantitative estimate of drug-likeness (QED) is 0.588. The number of aryl methyl sites for hydroxylation is 2. The molecule has 1 aromatic carbocycles. The Balaban J connectivity index is 0.00000289.